The lowest BCUT2D eigenvalue weighted by molar-refractivity contribution is 0.0868. The SMILES string of the molecule is CCC1(CC)CN(CCSc2ccccc2)C(C)CN1. The van der Waals surface area contributed by atoms with E-state index in [1.807, 2.05) is 11.8 Å². The van der Waals surface area contributed by atoms with Crippen LogP contribution in [0.2, 0.25) is 0 Å². The Hall–Kier alpha value is -0.510. The lowest BCUT2D eigenvalue weighted by atomic mass is 9.89. The first-order chi connectivity index (χ1) is 9.69. The number of hydrogen-bond acceptors (Lipinski definition) is 3. The van der Waals surface area contributed by atoms with Crippen LogP contribution in [0, 0.1) is 0 Å². The van der Waals surface area contributed by atoms with Gasteiger partial charge < -0.3 is 5.32 Å². The van der Waals surface area contributed by atoms with Gasteiger partial charge in [-0.1, -0.05) is 32.0 Å². The highest BCUT2D eigenvalue weighted by atomic mass is 32.2. The average molecular weight is 292 g/mol. The number of nitrogens with one attached hydrogen (secondary N) is 1. The molecule has 0 saturated carbocycles. The number of rotatable bonds is 6. The van der Waals surface area contributed by atoms with Crippen molar-refractivity contribution in [1.82, 2.24) is 10.2 Å². The third-order valence-electron chi connectivity index (χ3n) is 4.65. The fraction of sp³-hybridized carbons (Fsp3) is 0.647. The molecule has 0 radical (unpaired) electrons. The molecule has 1 unspecified atom stereocenters. The fourth-order valence-corrected chi connectivity index (χ4v) is 3.83. The van der Waals surface area contributed by atoms with Crippen molar-refractivity contribution in [3.63, 3.8) is 0 Å². The van der Waals surface area contributed by atoms with Crippen LogP contribution in [0.15, 0.2) is 35.2 Å². The van der Waals surface area contributed by atoms with Gasteiger partial charge >= 0.3 is 0 Å². The summed E-state index contributed by atoms with van der Waals surface area (Å²) in [5, 5.41) is 3.77. The largest absolute Gasteiger partial charge is 0.308 e. The molecule has 112 valence electrons. The van der Waals surface area contributed by atoms with Gasteiger partial charge in [0.1, 0.15) is 0 Å². The van der Waals surface area contributed by atoms with Crippen molar-refractivity contribution in [3.8, 4) is 0 Å². The topological polar surface area (TPSA) is 15.3 Å². The van der Waals surface area contributed by atoms with Gasteiger partial charge in [0.2, 0.25) is 0 Å². The van der Waals surface area contributed by atoms with E-state index in [0.29, 0.717) is 11.6 Å². The van der Waals surface area contributed by atoms with Crippen LogP contribution in [-0.2, 0) is 0 Å². The maximum absolute atomic E-state index is 3.77. The summed E-state index contributed by atoms with van der Waals surface area (Å²) in [4.78, 5) is 4.05. The van der Waals surface area contributed by atoms with Gasteiger partial charge in [-0.15, -0.1) is 11.8 Å². The normalized spacial score (nSPS) is 22.9. The number of piperazine rings is 1. The Morgan fingerprint density at radius 3 is 2.60 bits per heavy atom. The molecule has 20 heavy (non-hydrogen) atoms. The van der Waals surface area contributed by atoms with Gasteiger partial charge in [-0.25, -0.2) is 0 Å². The van der Waals surface area contributed by atoms with Crippen LogP contribution in [0.4, 0.5) is 0 Å². The Balaban J connectivity index is 1.84. The lowest BCUT2D eigenvalue weighted by Crippen LogP contribution is -2.63. The van der Waals surface area contributed by atoms with Crippen molar-refractivity contribution in [2.24, 2.45) is 0 Å². The zero-order chi connectivity index (χ0) is 14.4. The summed E-state index contributed by atoms with van der Waals surface area (Å²) < 4.78 is 0. The van der Waals surface area contributed by atoms with E-state index in [2.05, 4.69) is 61.3 Å². The van der Waals surface area contributed by atoms with E-state index in [1.54, 1.807) is 0 Å². The molecule has 2 nitrogen and oxygen atoms in total. The number of hydrogen-bond donors (Lipinski definition) is 1. The molecule has 1 aromatic rings. The molecule has 1 aliphatic heterocycles. The Labute approximate surface area is 128 Å². The minimum atomic E-state index is 0.337. The lowest BCUT2D eigenvalue weighted by Gasteiger charge is -2.46. The molecule has 0 spiro atoms. The molecule has 1 aromatic carbocycles. The molecule has 1 atom stereocenters. The van der Waals surface area contributed by atoms with Crippen molar-refractivity contribution in [2.75, 3.05) is 25.4 Å². The maximum Gasteiger partial charge on any atom is 0.0304 e. The number of thioether (sulfide) groups is 1. The molecular weight excluding hydrogens is 264 g/mol. The first kappa shape index (κ1) is 15.9. The summed E-state index contributed by atoms with van der Waals surface area (Å²) >= 11 is 1.97. The summed E-state index contributed by atoms with van der Waals surface area (Å²) in [7, 11) is 0. The molecule has 1 aliphatic rings. The summed E-state index contributed by atoms with van der Waals surface area (Å²) in [5.41, 5.74) is 0.337. The van der Waals surface area contributed by atoms with Gasteiger partial charge in [0.25, 0.3) is 0 Å². The molecule has 0 aromatic heterocycles. The van der Waals surface area contributed by atoms with Crippen LogP contribution in [0.25, 0.3) is 0 Å². The van der Waals surface area contributed by atoms with Crippen LogP contribution >= 0.6 is 11.8 Å². The summed E-state index contributed by atoms with van der Waals surface area (Å²) in [6, 6.07) is 11.4. The van der Waals surface area contributed by atoms with Crippen LogP contribution in [0.1, 0.15) is 33.6 Å². The van der Waals surface area contributed by atoms with Gasteiger partial charge in [-0.2, -0.15) is 0 Å². The van der Waals surface area contributed by atoms with Crippen LogP contribution < -0.4 is 5.32 Å². The van der Waals surface area contributed by atoms with E-state index in [0.717, 1.165) is 6.54 Å². The first-order valence-electron chi connectivity index (χ1n) is 7.86. The zero-order valence-electron chi connectivity index (χ0n) is 13.1. The van der Waals surface area contributed by atoms with Gasteiger partial charge in [0.15, 0.2) is 0 Å². The monoisotopic (exact) mass is 292 g/mol. The van der Waals surface area contributed by atoms with Crippen LogP contribution in [-0.4, -0.2) is 41.9 Å². The van der Waals surface area contributed by atoms with E-state index in [1.165, 1.54) is 36.6 Å². The van der Waals surface area contributed by atoms with Gasteiger partial charge in [0, 0.05) is 41.9 Å². The highest BCUT2D eigenvalue weighted by Gasteiger charge is 2.34. The van der Waals surface area contributed by atoms with E-state index in [9.17, 15) is 0 Å². The Morgan fingerprint density at radius 1 is 1.25 bits per heavy atom. The van der Waals surface area contributed by atoms with Crippen LogP contribution in [0.5, 0.6) is 0 Å². The average Bonchev–Trinajstić information content (AvgIpc) is 2.51. The van der Waals surface area contributed by atoms with E-state index in [4.69, 9.17) is 0 Å². The van der Waals surface area contributed by atoms with E-state index in [-0.39, 0.29) is 0 Å². The third-order valence-corrected chi connectivity index (χ3v) is 5.64. The van der Waals surface area contributed by atoms with Crippen molar-refractivity contribution in [1.29, 1.82) is 0 Å². The summed E-state index contributed by atoms with van der Waals surface area (Å²) in [6.07, 6.45) is 2.44. The number of nitrogens with zero attached hydrogens (tertiary/aromatic N) is 1. The first-order valence-corrected chi connectivity index (χ1v) is 8.84. The predicted molar refractivity (Wildman–Crippen MR) is 89.5 cm³/mol. The quantitative estimate of drug-likeness (QED) is 0.806. The standard InChI is InChI=1S/C17H28N2S/c1-4-17(5-2)14-19(15(3)13-18-17)11-12-20-16-9-7-6-8-10-16/h6-10,15,18H,4-5,11-14H2,1-3H3. The highest BCUT2D eigenvalue weighted by Crippen LogP contribution is 2.24. The summed E-state index contributed by atoms with van der Waals surface area (Å²) in [5.74, 6) is 1.18. The molecule has 3 heteroatoms. The predicted octanol–water partition coefficient (Wildman–Crippen LogP) is 3.63. The second-order valence-electron chi connectivity index (χ2n) is 5.85. The Morgan fingerprint density at radius 2 is 1.95 bits per heavy atom. The molecule has 2 rings (SSSR count). The minimum absolute atomic E-state index is 0.337. The molecule has 1 N–H and O–H groups in total. The smallest absolute Gasteiger partial charge is 0.0304 e. The van der Waals surface area contributed by atoms with Gasteiger partial charge in [-0.05, 0) is 31.9 Å². The van der Waals surface area contributed by atoms with Crippen LogP contribution in [0.3, 0.4) is 0 Å². The van der Waals surface area contributed by atoms with E-state index >= 15 is 0 Å². The third kappa shape index (κ3) is 4.00. The molecule has 1 heterocycles. The van der Waals surface area contributed by atoms with Crippen molar-refractivity contribution < 1.29 is 0 Å². The van der Waals surface area contributed by atoms with Crippen molar-refractivity contribution in [2.45, 2.75) is 50.1 Å². The number of benzene rings is 1. The molecule has 1 fully saturated rings. The second kappa shape index (κ2) is 7.48. The zero-order valence-corrected chi connectivity index (χ0v) is 13.9. The molecule has 1 saturated heterocycles. The fourth-order valence-electron chi connectivity index (χ4n) is 2.91. The van der Waals surface area contributed by atoms with E-state index < -0.39 is 0 Å². The summed E-state index contributed by atoms with van der Waals surface area (Å²) in [6.45, 7) is 10.5. The highest BCUT2D eigenvalue weighted by molar-refractivity contribution is 7.99. The molecule has 0 aliphatic carbocycles. The molecule has 0 bridgehead atoms. The van der Waals surface area contributed by atoms with Gasteiger partial charge in [-0.3, -0.25) is 4.90 Å². The Kier molecular flexibility index (Phi) is 5.94. The van der Waals surface area contributed by atoms with Crippen molar-refractivity contribution in [3.05, 3.63) is 30.3 Å². The minimum Gasteiger partial charge on any atom is -0.308 e. The van der Waals surface area contributed by atoms with Gasteiger partial charge in [0.05, 0.1) is 0 Å². The maximum atomic E-state index is 3.77. The molecule has 0 amide bonds. The van der Waals surface area contributed by atoms with Crippen molar-refractivity contribution >= 4 is 11.8 Å². The Bertz CT molecular complexity index is 389. The molecular formula is C17H28N2S. The second-order valence-corrected chi connectivity index (χ2v) is 7.02.